The molecule has 1 rings (SSSR count). The molecule has 1 aliphatic rings. The van der Waals surface area contributed by atoms with Crippen LogP contribution in [-0.4, -0.2) is 35.1 Å². The minimum Gasteiger partial charge on any atom is -0.466 e. The van der Waals surface area contributed by atoms with Gasteiger partial charge >= 0.3 is 11.9 Å². The summed E-state index contributed by atoms with van der Waals surface area (Å²) < 4.78 is 10.2. The maximum absolute atomic E-state index is 12.0. The predicted octanol–water partition coefficient (Wildman–Crippen LogP) is 2.20. The fraction of sp³-hybridized carbons (Fsp3) is 0.867. The number of esters is 2. The van der Waals surface area contributed by atoms with E-state index in [0.717, 1.165) is 0 Å². The molecule has 7 heteroatoms. The zero-order valence-electron chi connectivity index (χ0n) is 13.8. The normalized spacial score (nSPS) is 23.3. The second kappa shape index (κ2) is 7.07. The highest BCUT2D eigenvalue weighted by Gasteiger charge is 2.53. The van der Waals surface area contributed by atoms with Gasteiger partial charge < -0.3 is 9.47 Å². The molecule has 0 radical (unpaired) electrons. The van der Waals surface area contributed by atoms with Crippen LogP contribution in [0.5, 0.6) is 0 Å². The molecule has 1 fully saturated rings. The fourth-order valence-corrected chi connectivity index (χ4v) is 2.58. The molecular weight excluding hydrogens is 290 g/mol. The van der Waals surface area contributed by atoms with Gasteiger partial charge in [0, 0.05) is 17.8 Å². The van der Waals surface area contributed by atoms with E-state index in [4.69, 9.17) is 9.47 Å². The number of nitrogens with zero attached hydrogens (tertiary/aromatic N) is 1. The Balaban J connectivity index is 2.72. The molecule has 4 unspecified atom stereocenters. The Hall–Kier alpha value is -1.66. The summed E-state index contributed by atoms with van der Waals surface area (Å²) in [5.74, 6) is -1.87. The molecule has 4 atom stereocenters. The van der Waals surface area contributed by atoms with E-state index in [2.05, 4.69) is 0 Å². The molecule has 0 aromatic carbocycles. The van der Waals surface area contributed by atoms with Crippen molar-refractivity contribution in [3.8, 4) is 0 Å². The Morgan fingerprint density at radius 2 is 1.95 bits per heavy atom. The number of ether oxygens (including phenoxy) is 2. The van der Waals surface area contributed by atoms with Crippen molar-refractivity contribution in [2.45, 2.75) is 59.1 Å². The van der Waals surface area contributed by atoms with Crippen molar-refractivity contribution in [2.75, 3.05) is 6.61 Å². The number of hydrogen-bond acceptors (Lipinski definition) is 6. The van der Waals surface area contributed by atoms with Crippen LogP contribution in [0.25, 0.3) is 0 Å². The van der Waals surface area contributed by atoms with Crippen molar-refractivity contribution >= 4 is 11.9 Å². The predicted molar refractivity (Wildman–Crippen MR) is 78.6 cm³/mol. The summed E-state index contributed by atoms with van der Waals surface area (Å²) in [5.41, 5.74) is -0.588. The molecule has 0 bridgehead atoms. The first-order valence-electron chi connectivity index (χ1n) is 7.58. The van der Waals surface area contributed by atoms with E-state index in [1.165, 1.54) is 6.92 Å². The summed E-state index contributed by atoms with van der Waals surface area (Å²) in [6.07, 6.45) is 0.483. The lowest BCUT2D eigenvalue weighted by molar-refractivity contribution is -0.528. The minimum atomic E-state index is -0.901. The molecule has 1 aliphatic carbocycles. The van der Waals surface area contributed by atoms with E-state index in [1.807, 2.05) is 0 Å². The molecule has 0 aromatic rings. The van der Waals surface area contributed by atoms with Gasteiger partial charge in [-0.3, -0.25) is 19.7 Å². The second-order valence-electron chi connectivity index (χ2n) is 6.74. The number of hydrogen-bond donors (Lipinski definition) is 0. The van der Waals surface area contributed by atoms with Crippen molar-refractivity contribution < 1.29 is 24.0 Å². The lowest BCUT2D eigenvalue weighted by Crippen LogP contribution is -2.32. The maximum atomic E-state index is 12.0. The number of rotatable bonds is 7. The Bertz CT molecular complexity index is 442. The Morgan fingerprint density at radius 3 is 2.41 bits per heavy atom. The largest absolute Gasteiger partial charge is 0.466 e. The summed E-state index contributed by atoms with van der Waals surface area (Å²) in [6, 6.07) is -0.901. The van der Waals surface area contributed by atoms with Crippen LogP contribution in [0, 0.1) is 27.9 Å². The molecular formula is C15H25NO6. The van der Waals surface area contributed by atoms with Crippen LogP contribution < -0.4 is 0 Å². The second-order valence-corrected chi connectivity index (χ2v) is 6.74. The summed E-state index contributed by atoms with van der Waals surface area (Å²) in [7, 11) is 0. The first-order valence-corrected chi connectivity index (χ1v) is 7.58. The van der Waals surface area contributed by atoms with Gasteiger partial charge in [-0.15, -0.1) is 0 Å². The average molecular weight is 315 g/mol. The molecule has 0 amide bonds. The summed E-state index contributed by atoms with van der Waals surface area (Å²) >= 11 is 0. The maximum Gasteiger partial charge on any atom is 0.309 e. The molecule has 126 valence electrons. The van der Waals surface area contributed by atoms with E-state index in [0.29, 0.717) is 6.42 Å². The molecule has 1 saturated carbocycles. The third-order valence-electron chi connectivity index (χ3n) is 3.76. The first-order chi connectivity index (χ1) is 10.1. The van der Waals surface area contributed by atoms with Crippen LogP contribution in [0.15, 0.2) is 0 Å². The Labute approximate surface area is 130 Å². The number of carbonyl (C=O) groups is 2. The van der Waals surface area contributed by atoms with E-state index in [9.17, 15) is 19.7 Å². The summed E-state index contributed by atoms with van der Waals surface area (Å²) in [4.78, 5) is 34.3. The lowest BCUT2D eigenvalue weighted by atomic mass is 9.91. The van der Waals surface area contributed by atoms with Crippen LogP contribution in [0.2, 0.25) is 0 Å². The first kappa shape index (κ1) is 18.4. The third kappa shape index (κ3) is 5.27. The van der Waals surface area contributed by atoms with Gasteiger partial charge in [0.15, 0.2) is 0 Å². The molecule has 0 aliphatic heterocycles. The van der Waals surface area contributed by atoms with E-state index in [1.54, 1.807) is 27.7 Å². The van der Waals surface area contributed by atoms with Crippen LogP contribution >= 0.6 is 0 Å². The van der Waals surface area contributed by atoms with Crippen LogP contribution in [0.3, 0.4) is 0 Å². The van der Waals surface area contributed by atoms with Gasteiger partial charge in [-0.25, -0.2) is 0 Å². The monoisotopic (exact) mass is 315 g/mol. The Kier molecular flexibility index (Phi) is 5.91. The number of nitro groups is 1. The van der Waals surface area contributed by atoms with Gasteiger partial charge in [0.1, 0.15) is 5.60 Å². The fourth-order valence-electron chi connectivity index (χ4n) is 2.58. The van der Waals surface area contributed by atoms with Gasteiger partial charge in [0.25, 0.3) is 0 Å². The minimum absolute atomic E-state index is 0.0417. The van der Waals surface area contributed by atoms with Crippen LogP contribution in [0.4, 0.5) is 0 Å². The van der Waals surface area contributed by atoms with Crippen LogP contribution in [-0.2, 0) is 19.1 Å². The van der Waals surface area contributed by atoms with Gasteiger partial charge in [0.05, 0.1) is 18.9 Å². The molecule has 0 heterocycles. The zero-order valence-corrected chi connectivity index (χ0v) is 13.8. The Morgan fingerprint density at radius 1 is 1.36 bits per heavy atom. The molecule has 0 spiro atoms. The smallest absolute Gasteiger partial charge is 0.309 e. The molecule has 0 N–H and O–H groups in total. The standard InChI is InChI=1S/C15H25NO6/c1-6-21-13(17)8-10(9(2)16(19)20)11-7-12(11)14(18)22-15(3,4)5/h9-12H,6-8H2,1-5H3. The van der Waals surface area contributed by atoms with Crippen molar-refractivity contribution in [1.82, 2.24) is 0 Å². The molecule has 0 saturated heterocycles. The van der Waals surface area contributed by atoms with E-state index < -0.39 is 28.5 Å². The topological polar surface area (TPSA) is 95.7 Å². The highest BCUT2D eigenvalue weighted by molar-refractivity contribution is 5.76. The molecule has 7 nitrogen and oxygen atoms in total. The zero-order chi connectivity index (χ0) is 17.1. The van der Waals surface area contributed by atoms with Gasteiger partial charge in [-0.1, -0.05) is 0 Å². The van der Waals surface area contributed by atoms with Gasteiger partial charge in [-0.05, 0) is 40.0 Å². The summed E-state index contributed by atoms with van der Waals surface area (Å²) in [6.45, 7) is 8.71. The molecule has 22 heavy (non-hydrogen) atoms. The van der Waals surface area contributed by atoms with Gasteiger partial charge in [0.2, 0.25) is 6.04 Å². The average Bonchev–Trinajstić information content (AvgIpc) is 3.13. The molecule has 0 aromatic heterocycles. The SMILES string of the molecule is CCOC(=O)CC(C1CC1C(=O)OC(C)(C)C)C(C)[N+](=O)[O-]. The van der Waals surface area contributed by atoms with Gasteiger partial charge in [-0.2, -0.15) is 0 Å². The van der Waals surface area contributed by atoms with Crippen molar-refractivity contribution in [3.63, 3.8) is 0 Å². The highest BCUT2D eigenvalue weighted by Crippen LogP contribution is 2.48. The van der Waals surface area contributed by atoms with Crippen molar-refractivity contribution in [1.29, 1.82) is 0 Å². The number of carbonyl (C=O) groups excluding carboxylic acids is 2. The highest BCUT2D eigenvalue weighted by atomic mass is 16.6. The quantitative estimate of drug-likeness (QED) is 0.406. The van der Waals surface area contributed by atoms with Crippen molar-refractivity contribution in [3.05, 3.63) is 10.1 Å². The van der Waals surface area contributed by atoms with E-state index in [-0.39, 0.29) is 30.8 Å². The summed E-state index contributed by atoms with van der Waals surface area (Å²) in [5, 5.41) is 11.1. The van der Waals surface area contributed by atoms with Crippen LogP contribution in [0.1, 0.15) is 47.5 Å². The van der Waals surface area contributed by atoms with E-state index >= 15 is 0 Å². The van der Waals surface area contributed by atoms with Crippen molar-refractivity contribution in [2.24, 2.45) is 17.8 Å². The third-order valence-corrected chi connectivity index (χ3v) is 3.76. The lowest BCUT2D eigenvalue weighted by Gasteiger charge is -2.21.